The molecular formula is C20H25N5. The van der Waals surface area contributed by atoms with E-state index in [1.165, 1.54) is 46.2 Å². The summed E-state index contributed by atoms with van der Waals surface area (Å²) >= 11 is 0. The van der Waals surface area contributed by atoms with Gasteiger partial charge in [0.1, 0.15) is 5.82 Å². The van der Waals surface area contributed by atoms with Crippen LogP contribution in [0.2, 0.25) is 0 Å². The van der Waals surface area contributed by atoms with Crippen LogP contribution >= 0.6 is 0 Å². The first-order valence-electron chi connectivity index (χ1n) is 8.99. The molecule has 0 aliphatic heterocycles. The van der Waals surface area contributed by atoms with Crippen LogP contribution in [0.1, 0.15) is 58.0 Å². The largest absolute Gasteiger partial charge is 0.365 e. The zero-order chi connectivity index (χ0) is 17.7. The molecule has 3 aromatic rings. The van der Waals surface area contributed by atoms with E-state index in [2.05, 4.69) is 50.1 Å². The molecule has 0 spiro atoms. The van der Waals surface area contributed by atoms with Gasteiger partial charge in [0.15, 0.2) is 11.5 Å². The maximum atomic E-state index is 4.71. The van der Waals surface area contributed by atoms with Crippen LogP contribution in [0.4, 0.5) is 5.82 Å². The van der Waals surface area contributed by atoms with Gasteiger partial charge in [0.25, 0.3) is 0 Å². The Bertz CT molecular complexity index is 937. The van der Waals surface area contributed by atoms with Gasteiger partial charge in [-0.25, -0.2) is 0 Å². The van der Waals surface area contributed by atoms with Crippen LogP contribution in [-0.2, 0) is 6.54 Å². The van der Waals surface area contributed by atoms with Gasteiger partial charge in [0, 0.05) is 12.5 Å². The first-order chi connectivity index (χ1) is 12.0. The molecule has 1 N–H and O–H groups in total. The van der Waals surface area contributed by atoms with Crippen molar-refractivity contribution in [3.8, 4) is 0 Å². The summed E-state index contributed by atoms with van der Waals surface area (Å²) in [6, 6.07) is 3.97. The number of fused-ring (bicyclic) bond motifs is 1. The molecule has 1 aliphatic carbocycles. The maximum Gasteiger partial charge on any atom is 0.178 e. The zero-order valence-corrected chi connectivity index (χ0v) is 15.6. The van der Waals surface area contributed by atoms with Crippen molar-refractivity contribution in [2.45, 2.75) is 59.9 Å². The highest BCUT2D eigenvalue weighted by molar-refractivity contribution is 5.51. The lowest BCUT2D eigenvalue weighted by atomic mass is 9.89. The van der Waals surface area contributed by atoms with Gasteiger partial charge in [-0.15, -0.1) is 15.3 Å². The first-order valence-corrected chi connectivity index (χ1v) is 8.99. The highest BCUT2D eigenvalue weighted by Crippen LogP contribution is 2.38. The SMILES string of the molecule is Cc1c(C)c(C)c(CNc2ccc3nnc(C4CC4)n3n2)c(C)c1C. The Morgan fingerprint density at radius 3 is 2.20 bits per heavy atom. The molecule has 0 saturated heterocycles. The molecule has 0 amide bonds. The van der Waals surface area contributed by atoms with Gasteiger partial charge in [-0.05, 0) is 93.0 Å². The van der Waals surface area contributed by atoms with Crippen LogP contribution < -0.4 is 5.32 Å². The minimum atomic E-state index is 0.532. The van der Waals surface area contributed by atoms with Crippen molar-refractivity contribution in [3.05, 3.63) is 51.3 Å². The highest BCUT2D eigenvalue weighted by atomic mass is 15.4. The van der Waals surface area contributed by atoms with E-state index >= 15 is 0 Å². The molecule has 0 atom stereocenters. The van der Waals surface area contributed by atoms with Gasteiger partial charge in [-0.3, -0.25) is 0 Å². The summed E-state index contributed by atoms with van der Waals surface area (Å²) in [4.78, 5) is 0. The molecule has 1 fully saturated rings. The van der Waals surface area contributed by atoms with E-state index in [-0.39, 0.29) is 0 Å². The van der Waals surface area contributed by atoms with Gasteiger partial charge in [-0.2, -0.15) is 4.52 Å². The van der Waals surface area contributed by atoms with Gasteiger partial charge >= 0.3 is 0 Å². The first kappa shape index (κ1) is 16.1. The third kappa shape index (κ3) is 2.68. The van der Waals surface area contributed by atoms with Crippen molar-refractivity contribution in [3.63, 3.8) is 0 Å². The summed E-state index contributed by atoms with van der Waals surface area (Å²) in [5.74, 6) is 2.39. The zero-order valence-electron chi connectivity index (χ0n) is 15.6. The fourth-order valence-electron chi connectivity index (χ4n) is 3.52. The molecule has 130 valence electrons. The summed E-state index contributed by atoms with van der Waals surface area (Å²) in [7, 11) is 0. The van der Waals surface area contributed by atoms with Crippen molar-refractivity contribution in [2.75, 3.05) is 5.32 Å². The molecule has 0 unspecified atom stereocenters. The van der Waals surface area contributed by atoms with Crippen LogP contribution in [-0.4, -0.2) is 19.8 Å². The van der Waals surface area contributed by atoms with Crippen LogP contribution in [0.15, 0.2) is 12.1 Å². The number of nitrogens with zero attached hydrogens (tertiary/aromatic N) is 4. The van der Waals surface area contributed by atoms with E-state index in [4.69, 9.17) is 5.10 Å². The second-order valence-electron chi connectivity index (χ2n) is 7.28. The van der Waals surface area contributed by atoms with E-state index < -0.39 is 0 Å². The van der Waals surface area contributed by atoms with Crippen LogP contribution in [0.3, 0.4) is 0 Å². The van der Waals surface area contributed by atoms with E-state index in [1.54, 1.807) is 0 Å². The molecule has 0 radical (unpaired) electrons. The van der Waals surface area contributed by atoms with Gasteiger partial charge in [0.2, 0.25) is 0 Å². The Morgan fingerprint density at radius 2 is 1.56 bits per heavy atom. The van der Waals surface area contributed by atoms with E-state index in [0.717, 1.165) is 23.8 Å². The topological polar surface area (TPSA) is 55.1 Å². The molecule has 1 aliphatic rings. The molecule has 1 saturated carbocycles. The van der Waals surface area contributed by atoms with Crippen molar-refractivity contribution >= 4 is 11.5 Å². The van der Waals surface area contributed by atoms with Crippen LogP contribution in [0.5, 0.6) is 0 Å². The molecule has 0 bridgehead atoms. The molecule has 5 heteroatoms. The van der Waals surface area contributed by atoms with Crippen molar-refractivity contribution in [2.24, 2.45) is 0 Å². The molecule has 2 heterocycles. The van der Waals surface area contributed by atoms with Crippen LogP contribution in [0, 0.1) is 34.6 Å². The van der Waals surface area contributed by atoms with Gasteiger partial charge < -0.3 is 5.32 Å². The molecule has 1 aromatic carbocycles. The number of anilines is 1. The summed E-state index contributed by atoms with van der Waals surface area (Å²) in [6.07, 6.45) is 2.39. The van der Waals surface area contributed by atoms with Crippen molar-refractivity contribution < 1.29 is 0 Å². The number of hydrogen-bond acceptors (Lipinski definition) is 4. The molecule has 5 nitrogen and oxygen atoms in total. The summed E-state index contributed by atoms with van der Waals surface area (Å²) in [5.41, 5.74) is 9.11. The highest BCUT2D eigenvalue weighted by Gasteiger charge is 2.29. The fourth-order valence-corrected chi connectivity index (χ4v) is 3.52. The Balaban J connectivity index is 1.63. The number of rotatable bonds is 4. The van der Waals surface area contributed by atoms with E-state index in [1.807, 2.05) is 16.6 Å². The number of nitrogens with one attached hydrogen (secondary N) is 1. The predicted octanol–water partition coefficient (Wildman–Crippen LogP) is 4.16. The third-order valence-electron chi connectivity index (χ3n) is 5.83. The fraction of sp³-hybridized carbons (Fsp3) is 0.450. The summed E-state index contributed by atoms with van der Waals surface area (Å²) in [5, 5.41) is 16.7. The smallest absolute Gasteiger partial charge is 0.178 e. The molecular weight excluding hydrogens is 310 g/mol. The second-order valence-corrected chi connectivity index (χ2v) is 7.28. The lowest BCUT2D eigenvalue weighted by Crippen LogP contribution is -2.10. The van der Waals surface area contributed by atoms with E-state index in [9.17, 15) is 0 Å². The molecule has 4 rings (SSSR count). The maximum absolute atomic E-state index is 4.71. The standard InChI is InChI=1S/C20H25N5/c1-11-12(2)14(4)17(15(5)13(11)3)10-21-18-8-9-19-22-23-20(16-6-7-16)25(19)24-18/h8-9,16H,6-7,10H2,1-5H3,(H,21,24). The van der Waals surface area contributed by atoms with Crippen molar-refractivity contribution in [1.29, 1.82) is 0 Å². The Morgan fingerprint density at radius 1 is 0.920 bits per heavy atom. The lowest BCUT2D eigenvalue weighted by Gasteiger charge is -2.19. The summed E-state index contributed by atoms with van der Waals surface area (Å²) in [6.45, 7) is 11.8. The second kappa shape index (κ2) is 5.83. The monoisotopic (exact) mass is 335 g/mol. The summed E-state index contributed by atoms with van der Waals surface area (Å²) < 4.78 is 1.89. The van der Waals surface area contributed by atoms with Gasteiger partial charge in [-0.1, -0.05) is 0 Å². The quantitative estimate of drug-likeness (QED) is 0.778. The average molecular weight is 335 g/mol. The minimum Gasteiger partial charge on any atom is -0.365 e. The van der Waals surface area contributed by atoms with Crippen LogP contribution in [0.25, 0.3) is 5.65 Å². The van der Waals surface area contributed by atoms with E-state index in [0.29, 0.717) is 5.92 Å². The molecule has 2 aromatic heterocycles. The lowest BCUT2D eigenvalue weighted by molar-refractivity contribution is 0.813. The number of benzene rings is 1. The molecule has 25 heavy (non-hydrogen) atoms. The predicted molar refractivity (Wildman–Crippen MR) is 100 cm³/mol. The minimum absolute atomic E-state index is 0.532. The van der Waals surface area contributed by atoms with Gasteiger partial charge in [0.05, 0.1) is 0 Å². The number of aromatic nitrogens is 4. The third-order valence-corrected chi connectivity index (χ3v) is 5.83. The van der Waals surface area contributed by atoms with Crippen molar-refractivity contribution in [1.82, 2.24) is 19.8 Å². The Labute approximate surface area is 148 Å². The Kier molecular flexibility index (Phi) is 3.74. The average Bonchev–Trinajstić information content (AvgIpc) is 3.37. The number of hydrogen-bond donors (Lipinski definition) is 1. The normalized spacial score (nSPS) is 14.3. The Hall–Kier alpha value is -2.43.